The maximum Gasteiger partial charge on any atom is 0.255 e. The van der Waals surface area contributed by atoms with Crippen LogP contribution in [0.25, 0.3) is 22.4 Å². The minimum atomic E-state index is -0.832. The number of fused-ring (bicyclic) bond motifs is 1. The fourth-order valence-electron chi connectivity index (χ4n) is 1.95. The molecule has 2 heterocycles. The molecule has 0 aliphatic carbocycles. The smallest absolute Gasteiger partial charge is 0.255 e. The maximum absolute atomic E-state index is 9.76. The standard InChI is InChI=1S/C14H14N4O2/c15-8-7-12(19)14-17-13(18-20-14)11-6-5-9-3-1-2-4-10(9)16-11/h1-6,12,19H,7-8,15H2. The van der Waals surface area contributed by atoms with Crippen LogP contribution in [0.2, 0.25) is 0 Å². The Kier molecular flexibility index (Phi) is 3.41. The summed E-state index contributed by atoms with van der Waals surface area (Å²) in [5, 5.41) is 14.6. The molecule has 6 nitrogen and oxygen atoms in total. The predicted molar refractivity (Wildman–Crippen MR) is 73.7 cm³/mol. The molecule has 102 valence electrons. The second-order valence-electron chi connectivity index (χ2n) is 4.44. The number of benzene rings is 1. The third kappa shape index (κ3) is 2.38. The lowest BCUT2D eigenvalue weighted by Crippen LogP contribution is -2.06. The van der Waals surface area contributed by atoms with E-state index in [1.165, 1.54) is 0 Å². The van der Waals surface area contributed by atoms with Crippen molar-refractivity contribution in [2.45, 2.75) is 12.5 Å². The van der Waals surface area contributed by atoms with Crippen LogP contribution in [0.1, 0.15) is 18.4 Å². The zero-order valence-electron chi connectivity index (χ0n) is 10.7. The Bertz CT molecular complexity index is 726. The quantitative estimate of drug-likeness (QED) is 0.748. The van der Waals surface area contributed by atoms with E-state index in [4.69, 9.17) is 10.3 Å². The lowest BCUT2D eigenvalue weighted by molar-refractivity contribution is 0.127. The van der Waals surface area contributed by atoms with Crippen molar-refractivity contribution in [3.8, 4) is 11.5 Å². The highest BCUT2D eigenvalue weighted by Gasteiger charge is 2.16. The van der Waals surface area contributed by atoms with Crippen molar-refractivity contribution < 1.29 is 9.63 Å². The molecule has 0 bridgehead atoms. The number of nitrogens with two attached hydrogens (primary N) is 1. The Morgan fingerprint density at radius 2 is 2.00 bits per heavy atom. The van der Waals surface area contributed by atoms with Gasteiger partial charge in [0.1, 0.15) is 11.8 Å². The van der Waals surface area contributed by atoms with E-state index in [0.29, 0.717) is 24.5 Å². The summed E-state index contributed by atoms with van der Waals surface area (Å²) < 4.78 is 5.04. The molecule has 3 aromatic rings. The van der Waals surface area contributed by atoms with Gasteiger partial charge in [0.2, 0.25) is 5.82 Å². The molecule has 0 radical (unpaired) electrons. The van der Waals surface area contributed by atoms with Gasteiger partial charge in [-0.15, -0.1) is 0 Å². The van der Waals surface area contributed by atoms with E-state index in [2.05, 4.69) is 15.1 Å². The highest BCUT2D eigenvalue weighted by Crippen LogP contribution is 2.21. The second kappa shape index (κ2) is 5.36. The van der Waals surface area contributed by atoms with Gasteiger partial charge in [-0.3, -0.25) is 0 Å². The molecule has 20 heavy (non-hydrogen) atoms. The molecule has 0 aliphatic rings. The van der Waals surface area contributed by atoms with Crippen LogP contribution in [0.5, 0.6) is 0 Å². The fourth-order valence-corrected chi connectivity index (χ4v) is 1.95. The van der Waals surface area contributed by atoms with Gasteiger partial charge in [-0.25, -0.2) is 4.98 Å². The molecule has 1 unspecified atom stereocenters. The van der Waals surface area contributed by atoms with Gasteiger partial charge in [0.25, 0.3) is 5.89 Å². The van der Waals surface area contributed by atoms with E-state index in [9.17, 15) is 5.11 Å². The summed E-state index contributed by atoms with van der Waals surface area (Å²) in [5.41, 5.74) is 6.85. The minimum Gasteiger partial charge on any atom is -0.383 e. The number of para-hydroxylation sites is 1. The predicted octanol–water partition coefficient (Wildman–Crippen LogP) is 1.67. The first-order valence-electron chi connectivity index (χ1n) is 6.36. The van der Waals surface area contributed by atoms with Gasteiger partial charge in [-0.05, 0) is 25.1 Å². The molecule has 0 saturated carbocycles. The molecule has 0 aliphatic heterocycles. The number of aromatic nitrogens is 3. The second-order valence-corrected chi connectivity index (χ2v) is 4.44. The van der Waals surface area contributed by atoms with Gasteiger partial charge in [-0.2, -0.15) is 4.98 Å². The van der Waals surface area contributed by atoms with Gasteiger partial charge >= 0.3 is 0 Å². The Hall–Kier alpha value is -2.31. The van der Waals surface area contributed by atoms with Crippen LogP contribution in [0.15, 0.2) is 40.9 Å². The van der Waals surface area contributed by atoms with Crippen molar-refractivity contribution in [2.75, 3.05) is 6.54 Å². The maximum atomic E-state index is 9.76. The van der Waals surface area contributed by atoms with Crippen molar-refractivity contribution >= 4 is 10.9 Å². The van der Waals surface area contributed by atoms with Crippen LogP contribution in [0, 0.1) is 0 Å². The van der Waals surface area contributed by atoms with E-state index < -0.39 is 6.10 Å². The Morgan fingerprint density at radius 3 is 2.85 bits per heavy atom. The van der Waals surface area contributed by atoms with Crippen LogP contribution in [0.3, 0.4) is 0 Å². The van der Waals surface area contributed by atoms with Crippen molar-refractivity contribution in [3.63, 3.8) is 0 Å². The van der Waals surface area contributed by atoms with Crippen molar-refractivity contribution in [2.24, 2.45) is 5.73 Å². The molecule has 0 amide bonds. The van der Waals surface area contributed by atoms with Gasteiger partial charge in [-0.1, -0.05) is 29.4 Å². The molecule has 1 atom stereocenters. The summed E-state index contributed by atoms with van der Waals surface area (Å²) in [4.78, 5) is 8.63. The van der Waals surface area contributed by atoms with E-state index in [1.807, 2.05) is 36.4 Å². The summed E-state index contributed by atoms with van der Waals surface area (Å²) >= 11 is 0. The third-order valence-corrected chi connectivity index (χ3v) is 2.99. The zero-order chi connectivity index (χ0) is 13.9. The summed E-state index contributed by atoms with van der Waals surface area (Å²) in [6, 6.07) is 11.6. The molecule has 6 heteroatoms. The number of aliphatic hydroxyl groups is 1. The molecule has 3 rings (SSSR count). The topological polar surface area (TPSA) is 98.1 Å². The molecule has 1 aromatic carbocycles. The molecule has 2 aromatic heterocycles. The Morgan fingerprint density at radius 1 is 1.15 bits per heavy atom. The average Bonchev–Trinajstić information content (AvgIpc) is 2.97. The molecule has 3 N–H and O–H groups in total. The van der Waals surface area contributed by atoms with E-state index >= 15 is 0 Å². The number of hydrogen-bond acceptors (Lipinski definition) is 6. The first-order chi connectivity index (χ1) is 9.78. The number of hydrogen-bond donors (Lipinski definition) is 2. The fraction of sp³-hybridized carbons (Fsp3) is 0.214. The largest absolute Gasteiger partial charge is 0.383 e. The Labute approximate surface area is 115 Å². The van der Waals surface area contributed by atoms with E-state index in [1.54, 1.807) is 0 Å². The number of pyridine rings is 1. The molecule has 0 spiro atoms. The molecule has 0 saturated heterocycles. The van der Waals surface area contributed by atoms with Crippen LogP contribution in [-0.4, -0.2) is 26.8 Å². The van der Waals surface area contributed by atoms with Gasteiger partial charge in [0.15, 0.2) is 0 Å². The lowest BCUT2D eigenvalue weighted by Gasteiger charge is -2.01. The zero-order valence-corrected chi connectivity index (χ0v) is 10.7. The van der Waals surface area contributed by atoms with Gasteiger partial charge in [0, 0.05) is 5.39 Å². The van der Waals surface area contributed by atoms with Gasteiger partial charge < -0.3 is 15.4 Å². The highest BCUT2D eigenvalue weighted by molar-refractivity contribution is 5.80. The number of rotatable bonds is 4. The van der Waals surface area contributed by atoms with E-state index in [-0.39, 0.29) is 5.89 Å². The van der Waals surface area contributed by atoms with E-state index in [0.717, 1.165) is 10.9 Å². The number of nitrogens with zero attached hydrogens (tertiary/aromatic N) is 3. The van der Waals surface area contributed by atoms with Crippen LogP contribution >= 0.6 is 0 Å². The monoisotopic (exact) mass is 270 g/mol. The average molecular weight is 270 g/mol. The van der Waals surface area contributed by atoms with Crippen LogP contribution in [-0.2, 0) is 0 Å². The Balaban J connectivity index is 1.94. The number of aliphatic hydroxyl groups excluding tert-OH is 1. The SMILES string of the molecule is NCCC(O)c1nc(-c2ccc3ccccc3n2)no1. The van der Waals surface area contributed by atoms with Crippen LogP contribution in [0.4, 0.5) is 0 Å². The first kappa shape index (κ1) is 12.7. The molecular weight excluding hydrogens is 256 g/mol. The lowest BCUT2D eigenvalue weighted by atomic mass is 10.2. The van der Waals surface area contributed by atoms with Crippen molar-refractivity contribution in [3.05, 3.63) is 42.3 Å². The van der Waals surface area contributed by atoms with Crippen molar-refractivity contribution in [1.82, 2.24) is 15.1 Å². The molecule has 0 fully saturated rings. The highest BCUT2D eigenvalue weighted by atomic mass is 16.5. The normalized spacial score (nSPS) is 12.7. The van der Waals surface area contributed by atoms with Crippen molar-refractivity contribution in [1.29, 1.82) is 0 Å². The summed E-state index contributed by atoms with van der Waals surface area (Å²) in [6.07, 6.45) is -0.450. The molecular formula is C14H14N4O2. The summed E-state index contributed by atoms with van der Waals surface area (Å²) in [6.45, 7) is 0.354. The summed E-state index contributed by atoms with van der Waals surface area (Å²) in [7, 11) is 0. The van der Waals surface area contributed by atoms with Crippen LogP contribution < -0.4 is 5.73 Å². The first-order valence-corrected chi connectivity index (χ1v) is 6.36. The third-order valence-electron chi connectivity index (χ3n) is 2.99. The minimum absolute atomic E-state index is 0.167. The summed E-state index contributed by atoms with van der Waals surface area (Å²) in [5.74, 6) is 0.530. The van der Waals surface area contributed by atoms with Gasteiger partial charge in [0.05, 0.1) is 5.52 Å².